The topological polar surface area (TPSA) is 48.3 Å². The van der Waals surface area contributed by atoms with E-state index >= 15 is 0 Å². The number of benzene rings is 1. The van der Waals surface area contributed by atoms with E-state index in [1.165, 1.54) is 23.1 Å². The number of hydrogen-bond acceptors (Lipinski definition) is 4. The molecule has 1 aromatic carbocycles. The summed E-state index contributed by atoms with van der Waals surface area (Å²) in [5.41, 5.74) is 3.64. The molecule has 24 heavy (non-hydrogen) atoms. The van der Waals surface area contributed by atoms with Gasteiger partial charge in [0.15, 0.2) is 0 Å². The molecule has 1 aromatic heterocycles. The number of ether oxygens (including phenoxy) is 2. The van der Waals surface area contributed by atoms with Crippen LogP contribution in [-0.2, 0) is 18.3 Å². The van der Waals surface area contributed by atoms with E-state index in [9.17, 15) is 0 Å². The van der Waals surface area contributed by atoms with Crippen molar-refractivity contribution in [1.29, 1.82) is 0 Å². The van der Waals surface area contributed by atoms with E-state index in [-0.39, 0.29) is 6.10 Å². The van der Waals surface area contributed by atoms with Crippen molar-refractivity contribution in [3.05, 3.63) is 47.3 Å². The van der Waals surface area contributed by atoms with Gasteiger partial charge in [0.1, 0.15) is 5.75 Å². The Bertz CT molecular complexity index is 668. The minimum absolute atomic E-state index is 0.151. The van der Waals surface area contributed by atoms with E-state index in [1.807, 2.05) is 24.0 Å². The highest BCUT2D eigenvalue weighted by Crippen LogP contribution is 2.33. The molecule has 130 valence electrons. The molecule has 0 amide bonds. The van der Waals surface area contributed by atoms with Gasteiger partial charge in [-0.15, -0.1) is 0 Å². The number of nitrogens with zero attached hydrogens (tertiary/aromatic N) is 2. The molecule has 0 aliphatic carbocycles. The number of methoxy groups -OCH3 is 1. The van der Waals surface area contributed by atoms with Crippen LogP contribution in [0.2, 0.25) is 0 Å². The maximum Gasteiger partial charge on any atom is 0.121 e. The SMILES string of the molecule is COc1ccc(CNC[C@@H]2CCCO[C@H]2c2cnn(C)c2)cc1C. The minimum Gasteiger partial charge on any atom is -0.496 e. The summed E-state index contributed by atoms with van der Waals surface area (Å²) in [5, 5.41) is 7.88. The van der Waals surface area contributed by atoms with Gasteiger partial charge in [-0.1, -0.05) is 12.1 Å². The zero-order valence-corrected chi connectivity index (χ0v) is 14.8. The van der Waals surface area contributed by atoms with E-state index in [4.69, 9.17) is 9.47 Å². The Morgan fingerprint density at radius 3 is 3.00 bits per heavy atom. The highest BCUT2D eigenvalue weighted by Gasteiger charge is 2.28. The minimum atomic E-state index is 0.151. The van der Waals surface area contributed by atoms with E-state index in [0.717, 1.165) is 31.9 Å². The average molecular weight is 329 g/mol. The third-order valence-corrected chi connectivity index (χ3v) is 4.69. The van der Waals surface area contributed by atoms with Crippen molar-refractivity contribution in [1.82, 2.24) is 15.1 Å². The number of nitrogens with one attached hydrogen (secondary N) is 1. The van der Waals surface area contributed by atoms with E-state index in [0.29, 0.717) is 5.92 Å². The molecular weight excluding hydrogens is 302 g/mol. The second-order valence-electron chi connectivity index (χ2n) is 6.58. The molecule has 2 heterocycles. The van der Waals surface area contributed by atoms with Crippen LogP contribution < -0.4 is 10.1 Å². The zero-order chi connectivity index (χ0) is 16.9. The Balaban J connectivity index is 1.57. The fourth-order valence-corrected chi connectivity index (χ4v) is 3.46. The normalized spacial score (nSPS) is 21.0. The molecule has 0 radical (unpaired) electrons. The van der Waals surface area contributed by atoms with Crippen LogP contribution in [0.15, 0.2) is 30.6 Å². The van der Waals surface area contributed by atoms with Crippen LogP contribution in [0.3, 0.4) is 0 Å². The summed E-state index contributed by atoms with van der Waals surface area (Å²) in [6, 6.07) is 6.34. The Labute approximate surface area is 144 Å². The van der Waals surface area contributed by atoms with Crippen LogP contribution in [0.4, 0.5) is 0 Å². The van der Waals surface area contributed by atoms with Gasteiger partial charge in [-0.05, 0) is 37.0 Å². The molecule has 1 N–H and O–H groups in total. The second kappa shape index (κ2) is 7.81. The van der Waals surface area contributed by atoms with Gasteiger partial charge in [-0.2, -0.15) is 5.10 Å². The van der Waals surface area contributed by atoms with E-state index < -0.39 is 0 Å². The van der Waals surface area contributed by atoms with Crippen molar-refractivity contribution in [3.8, 4) is 5.75 Å². The van der Waals surface area contributed by atoms with Crippen LogP contribution in [0.25, 0.3) is 0 Å². The summed E-state index contributed by atoms with van der Waals surface area (Å²) in [7, 11) is 3.66. The molecule has 1 aliphatic rings. The molecule has 0 bridgehead atoms. The standard InChI is InChI=1S/C19H27N3O2/c1-14-9-15(6-7-18(14)23-3)10-20-11-16-5-4-8-24-19(16)17-12-21-22(2)13-17/h6-7,9,12-13,16,19-20H,4-5,8,10-11H2,1-3H3/t16-,19+/m0/s1. The predicted molar refractivity (Wildman–Crippen MR) is 94.1 cm³/mol. The Morgan fingerprint density at radius 2 is 2.29 bits per heavy atom. The maximum absolute atomic E-state index is 6.03. The summed E-state index contributed by atoms with van der Waals surface area (Å²) in [6.07, 6.45) is 6.46. The molecule has 3 rings (SSSR count). The molecule has 5 nitrogen and oxygen atoms in total. The third kappa shape index (κ3) is 3.97. The smallest absolute Gasteiger partial charge is 0.121 e. The first-order chi connectivity index (χ1) is 11.7. The summed E-state index contributed by atoms with van der Waals surface area (Å²) in [5.74, 6) is 1.43. The molecule has 1 saturated heterocycles. The highest BCUT2D eigenvalue weighted by molar-refractivity contribution is 5.36. The Hall–Kier alpha value is -1.85. The van der Waals surface area contributed by atoms with Gasteiger partial charge >= 0.3 is 0 Å². The number of rotatable bonds is 6. The molecule has 0 unspecified atom stereocenters. The van der Waals surface area contributed by atoms with Crippen LogP contribution in [0.1, 0.15) is 35.6 Å². The Morgan fingerprint density at radius 1 is 1.42 bits per heavy atom. The lowest BCUT2D eigenvalue weighted by Crippen LogP contribution is -2.31. The molecule has 2 atom stereocenters. The van der Waals surface area contributed by atoms with Crippen molar-refractivity contribution in [2.24, 2.45) is 13.0 Å². The predicted octanol–water partition coefficient (Wildman–Crippen LogP) is 2.99. The van der Waals surface area contributed by atoms with E-state index in [2.05, 4.69) is 35.7 Å². The molecule has 1 aliphatic heterocycles. The fraction of sp³-hybridized carbons (Fsp3) is 0.526. The molecule has 2 aromatic rings. The third-order valence-electron chi connectivity index (χ3n) is 4.69. The van der Waals surface area contributed by atoms with Crippen molar-refractivity contribution in [2.75, 3.05) is 20.3 Å². The second-order valence-corrected chi connectivity index (χ2v) is 6.58. The van der Waals surface area contributed by atoms with E-state index in [1.54, 1.807) is 7.11 Å². The first-order valence-electron chi connectivity index (χ1n) is 8.61. The maximum atomic E-state index is 6.03. The fourth-order valence-electron chi connectivity index (χ4n) is 3.46. The van der Waals surface area contributed by atoms with Crippen molar-refractivity contribution < 1.29 is 9.47 Å². The largest absolute Gasteiger partial charge is 0.496 e. The van der Waals surface area contributed by atoms with Crippen molar-refractivity contribution in [3.63, 3.8) is 0 Å². The molecule has 5 heteroatoms. The Kier molecular flexibility index (Phi) is 5.53. The summed E-state index contributed by atoms with van der Waals surface area (Å²) in [6.45, 7) is 4.73. The van der Waals surface area contributed by atoms with Crippen LogP contribution in [-0.4, -0.2) is 30.0 Å². The summed E-state index contributed by atoms with van der Waals surface area (Å²) < 4.78 is 13.2. The number of aromatic nitrogens is 2. The van der Waals surface area contributed by atoms with Crippen LogP contribution >= 0.6 is 0 Å². The first kappa shape index (κ1) is 17.0. The van der Waals surface area contributed by atoms with Gasteiger partial charge in [-0.25, -0.2) is 0 Å². The quantitative estimate of drug-likeness (QED) is 0.885. The molecule has 1 fully saturated rings. The first-order valence-corrected chi connectivity index (χ1v) is 8.61. The van der Waals surface area contributed by atoms with Crippen molar-refractivity contribution >= 4 is 0 Å². The lowest BCUT2D eigenvalue weighted by Gasteiger charge is -2.31. The lowest BCUT2D eigenvalue weighted by atomic mass is 9.91. The highest BCUT2D eigenvalue weighted by atomic mass is 16.5. The molecular formula is C19H27N3O2. The average Bonchev–Trinajstić information content (AvgIpc) is 3.02. The molecule has 0 saturated carbocycles. The van der Waals surface area contributed by atoms with Gasteiger partial charge < -0.3 is 14.8 Å². The molecule has 0 spiro atoms. The van der Waals surface area contributed by atoms with Gasteiger partial charge in [0.25, 0.3) is 0 Å². The van der Waals surface area contributed by atoms with Crippen LogP contribution in [0, 0.1) is 12.8 Å². The number of aryl methyl sites for hydroxylation is 2. The van der Waals surface area contributed by atoms with Gasteiger partial charge in [-0.3, -0.25) is 4.68 Å². The number of hydrogen-bond donors (Lipinski definition) is 1. The monoisotopic (exact) mass is 329 g/mol. The van der Waals surface area contributed by atoms with Gasteiger partial charge in [0.2, 0.25) is 0 Å². The lowest BCUT2D eigenvalue weighted by molar-refractivity contribution is -0.0279. The van der Waals surface area contributed by atoms with Crippen molar-refractivity contribution in [2.45, 2.75) is 32.4 Å². The van der Waals surface area contributed by atoms with Gasteiger partial charge in [0.05, 0.1) is 19.4 Å². The summed E-state index contributed by atoms with van der Waals surface area (Å²) in [4.78, 5) is 0. The van der Waals surface area contributed by atoms with Crippen LogP contribution in [0.5, 0.6) is 5.75 Å². The van der Waals surface area contributed by atoms with Gasteiger partial charge in [0, 0.05) is 44.4 Å². The summed E-state index contributed by atoms with van der Waals surface area (Å²) >= 11 is 0. The zero-order valence-electron chi connectivity index (χ0n) is 14.8.